The summed E-state index contributed by atoms with van der Waals surface area (Å²) in [4.78, 5) is 20.1. The zero-order chi connectivity index (χ0) is 25.0. The summed E-state index contributed by atoms with van der Waals surface area (Å²) >= 11 is 1.15. The summed E-state index contributed by atoms with van der Waals surface area (Å²) in [5.41, 5.74) is -0.340. The molecule has 1 aromatic carbocycles. The van der Waals surface area contributed by atoms with E-state index in [1.165, 1.54) is 30.1 Å². The van der Waals surface area contributed by atoms with E-state index in [2.05, 4.69) is 10.1 Å². The molecule has 190 valence electrons. The van der Waals surface area contributed by atoms with Crippen LogP contribution in [0.3, 0.4) is 0 Å². The van der Waals surface area contributed by atoms with Gasteiger partial charge in [0.2, 0.25) is 0 Å². The first kappa shape index (κ1) is 23.4. The lowest BCUT2D eigenvalue weighted by Crippen LogP contribution is -2.42. The summed E-state index contributed by atoms with van der Waals surface area (Å²) in [6.45, 7) is 1.68. The van der Waals surface area contributed by atoms with E-state index < -0.39 is 24.0 Å². The van der Waals surface area contributed by atoms with Gasteiger partial charge in [0.15, 0.2) is 5.65 Å². The van der Waals surface area contributed by atoms with E-state index >= 15 is 8.78 Å². The second-order valence-corrected chi connectivity index (χ2v) is 10.4. The number of methoxy groups -OCH3 is 1. The molecule has 0 spiro atoms. The maximum absolute atomic E-state index is 15.7. The molecule has 3 aromatic heterocycles. The number of alkyl halides is 2. The first-order valence-corrected chi connectivity index (χ1v) is 12.6. The predicted molar refractivity (Wildman–Crippen MR) is 127 cm³/mol. The molecule has 36 heavy (non-hydrogen) atoms. The van der Waals surface area contributed by atoms with Crippen molar-refractivity contribution in [2.24, 2.45) is 5.92 Å². The summed E-state index contributed by atoms with van der Waals surface area (Å²) in [6, 6.07) is 4.35. The molecule has 12 heteroatoms. The number of rotatable bonds is 5. The average Bonchev–Trinajstić information content (AvgIpc) is 3.48. The SMILES string of the molecule is COc1ccc(Cn2c(=O)n3ncnc3c3c4c(sc32)CN(CC2CCOCC2)CC4(F)F)c(F)c1. The quantitative estimate of drug-likeness (QED) is 0.401. The summed E-state index contributed by atoms with van der Waals surface area (Å²) in [6.07, 6.45) is 2.89. The van der Waals surface area contributed by atoms with Crippen molar-refractivity contribution in [2.45, 2.75) is 31.9 Å². The van der Waals surface area contributed by atoms with Gasteiger partial charge < -0.3 is 9.47 Å². The Bertz CT molecular complexity index is 1510. The van der Waals surface area contributed by atoms with E-state index in [0.717, 1.165) is 28.7 Å². The van der Waals surface area contributed by atoms with Gasteiger partial charge >= 0.3 is 5.69 Å². The number of nitrogens with zero attached hydrogens (tertiary/aromatic N) is 5. The van der Waals surface area contributed by atoms with Crippen molar-refractivity contribution in [3.63, 3.8) is 0 Å². The molecule has 0 atom stereocenters. The summed E-state index contributed by atoms with van der Waals surface area (Å²) in [5.74, 6) is -3.04. The van der Waals surface area contributed by atoms with Crippen LogP contribution in [0.1, 0.15) is 28.8 Å². The fourth-order valence-corrected chi connectivity index (χ4v) is 6.63. The Hall–Kier alpha value is -2.96. The van der Waals surface area contributed by atoms with E-state index in [1.54, 1.807) is 11.0 Å². The maximum atomic E-state index is 15.7. The number of thiophene rings is 1. The standard InChI is InChI=1S/C24H24F3N5O3S/c1-34-16-3-2-15(17(25)8-16)10-31-22-19(21-28-13-29-32(21)23(31)33)20-18(36-22)11-30(12-24(20,26)27)9-14-4-6-35-7-5-14/h2-3,8,13-14H,4-7,9-12H2,1H3. The molecule has 2 aliphatic rings. The third-order valence-electron chi connectivity index (χ3n) is 6.99. The van der Waals surface area contributed by atoms with Crippen LogP contribution in [0.4, 0.5) is 13.2 Å². The lowest BCUT2D eigenvalue weighted by atomic mass is 9.96. The fourth-order valence-electron chi connectivity index (χ4n) is 5.25. The van der Waals surface area contributed by atoms with Crippen molar-refractivity contribution in [1.82, 2.24) is 24.1 Å². The Morgan fingerprint density at radius 3 is 2.83 bits per heavy atom. The number of benzene rings is 1. The summed E-state index contributed by atoms with van der Waals surface area (Å²) in [5, 5.41) is 4.19. The first-order valence-electron chi connectivity index (χ1n) is 11.7. The Balaban J connectivity index is 1.47. The van der Waals surface area contributed by atoms with Crippen LogP contribution in [0.25, 0.3) is 15.9 Å². The molecular weight excluding hydrogens is 495 g/mol. The Labute approximate surface area is 207 Å². The van der Waals surface area contributed by atoms with Crippen molar-refractivity contribution in [3.8, 4) is 5.75 Å². The number of hydrogen-bond acceptors (Lipinski definition) is 7. The van der Waals surface area contributed by atoms with Gasteiger partial charge in [0.25, 0.3) is 5.92 Å². The molecule has 1 fully saturated rings. The van der Waals surface area contributed by atoms with Crippen LogP contribution in [-0.2, 0) is 23.7 Å². The van der Waals surface area contributed by atoms with E-state index in [-0.39, 0.29) is 28.7 Å². The van der Waals surface area contributed by atoms with Gasteiger partial charge in [-0.15, -0.1) is 11.3 Å². The molecule has 2 aliphatic heterocycles. The monoisotopic (exact) mass is 519 g/mol. The van der Waals surface area contributed by atoms with Gasteiger partial charge in [-0.1, -0.05) is 6.07 Å². The normalized spacial score (nSPS) is 18.7. The molecule has 6 rings (SSSR count). The largest absolute Gasteiger partial charge is 0.497 e. The number of aromatic nitrogens is 4. The fraction of sp³-hybridized carbons (Fsp3) is 0.458. The van der Waals surface area contributed by atoms with E-state index in [9.17, 15) is 9.18 Å². The molecule has 5 heterocycles. The van der Waals surface area contributed by atoms with Gasteiger partial charge in [-0.3, -0.25) is 9.47 Å². The molecule has 8 nitrogen and oxygen atoms in total. The maximum Gasteiger partial charge on any atom is 0.352 e. The van der Waals surface area contributed by atoms with Crippen molar-refractivity contribution in [1.29, 1.82) is 0 Å². The van der Waals surface area contributed by atoms with Crippen molar-refractivity contribution in [3.05, 3.63) is 56.8 Å². The zero-order valence-corrected chi connectivity index (χ0v) is 20.4. The molecule has 0 bridgehead atoms. The molecule has 0 radical (unpaired) electrons. The molecule has 4 aromatic rings. The second kappa shape index (κ2) is 8.86. The van der Waals surface area contributed by atoms with Gasteiger partial charge in [-0.05, 0) is 24.8 Å². The van der Waals surface area contributed by atoms with Gasteiger partial charge in [0, 0.05) is 42.8 Å². The minimum atomic E-state index is -3.14. The van der Waals surface area contributed by atoms with Crippen LogP contribution in [-0.4, -0.2) is 57.5 Å². The minimum absolute atomic E-state index is 0.0940. The van der Waals surface area contributed by atoms with Crippen LogP contribution < -0.4 is 10.4 Å². The lowest BCUT2D eigenvalue weighted by molar-refractivity contribution is -0.0571. The lowest BCUT2D eigenvalue weighted by Gasteiger charge is -2.35. The number of hydrogen-bond donors (Lipinski definition) is 0. The van der Waals surface area contributed by atoms with E-state index in [0.29, 0.717) is 47.7 Å². The molecule has 0 saturated carbocycles. The van der Waals surface area contributed by atoms with Gasteiger partial charge in [-0.2, -0.15) is 18.4 Å². The van der Waals surface area contributed by atoms with Gasteiger partial charge in [0.1, 0.15) is 22.7 Å². The van der Waals surface area contributed by atoms with E-state index in [1.807, 2.05) is 0 Å². The highest BCUT2D eigenvalue weighted by molar-refractivity contribution is 7.19. The molecule has 1 saturated heterocycles. The topological polar surface area (TPSA) is 73.9 Å². The Kier molecular flexibility index (Phi) is 5.77. The van der Waals surface area contributed by atoms with Crippen molar-refractivity contribution in [2.75, 3.05) is 33.4 Å². The van der Waals surface area contributed by atoms with Crippen LogP contribution in [0.15, 0.2) is 29.3 Å². The highest BCUT2D eigenvalue weighted by Crippen LogP contribution is 2.46. The first-order chi connectivity index (χ1) is 17.4. The van der Waals surface area contributed by atoms with Crippen LogP contribution in [0, 0.1) is 11.7 Å². The highest BCUT2D eigenvalue weighted by Gasteiger charge is 2.45. The van der Waals surface area contributed by atoms with E-state index in [4.69, 9.17) is 9.47 Å². The third kappa shape index (κ3) is 3.87. The Morgan fingerprint density at radius 2 is 2.08 bits per heavy atom. The molecule has 0 unspecified atom stereocenters. The van der Waals surface area contributed by atoms with Crippen LogP contribution >= 0.6 is 11.3 Å². The number of halogens is 3. The van der Waals surface area contributed by atoms with Crippen LogP contribution in [0.2, 0.25) is 0 Å². The highest BCUT2D eigenvalue weighted by atomic mass is 32.1. The Morgan fingerprint density at radius 1 is 1.28 bits per heavy atom. The number of ether oxygens (including phenoxy) is 2. The second-order valence-electron chi connectivity index (χ2n) is 9.33. The van der Waals surface area contributed by atoms with Gasteiger partial charge in [-0.25, -0.2) is 14.2 Å². The summed E-state index contributed by atoms with van der Waals surface area (Å²) in [7, 11) is 1.43. The van der Waals surface area contributed by atoms with Crippen molar-refractivity contribution >= 4 is 27.2 Å². The average molecular weight is 520 g/mol. The third-order valence-corrected chi connectivity index (χ3v) is 8.19. The number of fused-ring (bicyclic) bond motifs is 5. The molecular formula is C24H24F3N5O3S. The minimum Gasteiger partial charge on any atom is -0.497 e. The zero-order valence-electron chi connectivity index (χ0n) is 19.5. The predicted octanol–water partition coefficient (Wildman–Crippen LogP) is 3.64. The van der Waals surface area contributed by atoms with Crippen LogP contribution in [0.5, 0.6) is 5.75 Å². The summed E-state index contributed by atoms with van der Waals surface area (Å²) < 4.78 is 59.0. The molecule has 0 aliphatic carbocycles. The molecule has 0 amide bonds. The van der Waals surface area contributed by atoms with Gasteiger partial charge in [0.05, 0.1) is 31.1 Å². The van der Waals surface area contributed by atoms with Crippen molar-refractivity contribution < 1.29 is 22.6 Å². The molecule has 0 N–H and O–H groups in total. The smallest absolute Gasteiger partial charge is 0.352 e.